The number of fused-ring (bicyclic) bond motifs is 1. The van der Waals surface area contributed by atoms with Gasteiger partial charge in [0, 0.05) is 6.42 Å². The van der Waals surface area contributed by atoms with E-state index in [9.17, 15) is 4.79 Å². The van der Waals surface area contributed by atoms with Gasteiger partial charge in [0.05, 0.1) is 12.1 Å². The van der Waals surface area contributed by atoms with Crippen LogP contribution in [-0.2, 0) is 4.79 Å². The topological polar surface area (TPSA) is 51.0 Å². The molecule has 2 atom stereocenters. The van der Waals surface area contributed by atoms with Gasteiger partial charge in [-0.15, -0.1) is 0 Å². The lowest BCUT2D eigenvalue weighted by atomic mass is 9.91. The summed E-state index contributed by atoms with van der Waals surface area (Å²) in [5.41, 5.74) is 3.55. The molecule has 0 unspecified atom stereocenters. The van der Waals surface area contributed by atoms with Crippen molar-refractivity contribution in [1.29, 1.82) is 0 Å². The summed E-state index contributed by atoms with van der Waals surface area (Å²) in [6.45, 7) is 6.23. The van der Waals surface area contributed by atoms with E-state index in [-0.39, 0.29) is 23.9 Å². The third-order valence-corrected chi connectivity index (χ3v) is 5.32. The molecule has 1 aliphatic rings. The molecule has 0 spiro atoms. The number of aromatic nitrogens is 3. The molecular formula is C23H26N4O. The molecule has 0 bridgehead atoms. The Morgan fingerprint density at radius 3 is 2.39 bits per heavy atom. The number of carbonyl (C=O) groups excluding carboxylic acids is 1. The number of anilines is 1. The number of amides is 1. The Labute approximate surface area is 166 Å². The van der Waals surface area contributed by atoms with E-state index >= 15 is 0 Å². The third-order valence-electron chi connectivity index (χ3n) is 5.32. The van der Waals surface area contributed by atoms with Gasteiger partial charge < -0.3 is 0 Å². The molecule has 144 valence electrons. The Kier molecular flexibility index (Phi) is 4.99. The lowest BCUT2D eigenvalue weighted by molar-refractivity contribution is -0.120. The Hall–Kier alpha value is -2.95. The fourth-order valence-electron chi connectivity index (χ4n) is 3.95. The van der Waals surface area contributed by atoms with E-state index in [0.29, 0.717) is 12.4 Å². The summed E-state index contributed by atoms with van der Waals surface area (Å²) in [4.78, 5) is 19.5. The molecule has 1 amide bonds. The van der Waals surface area contributed by atoms with Gasteiger partial charge in [-0.3, -0.25) is 9.69 Å². The highest BCUT2D eigenvalue weighted by Crippen LogP contribution is 2.42. The predicted molar refractivity (Wildman–Crippen MR) is 110 cm³/mol. The van der Waals surface area contributed by atoms with E-state index in [1.807, 2.05) is 27.8 Å². The van der Waals surface area contributed by atoms with Gasteiger partial charge in [-0.25, -0.2) is 4.68 Å². The quantitative estimate of drug-likeness (QED) is 0.665. The van der Waals surface area contributed by atoms with Crippen LogP contribution in [0.15, 0.2) is 60.9 Å². The number of nitrogens with zero attached hydrogens (tertiary/aromatic N) is 4. The van der Waals surface area contributed by atoms with E-state index in [0.717, 1.165) is 12.0 Å². The molecule has 0 saturated heterocycles. The molecule has 0 aliphatic carbocycles. The van der Waals surface area contributed by atoms with Crippen molar-refractivity contribution in [3.8, 4) is 0 Å². The number of benzene rings is 2. The summed E-state index contributed by atoms with van der Waals surface area (Å²) in [5.74, 6) is 1.02. The maximum atomic E-state index is 13.2. The Morgan fingerprint density at radius 1 is 1.04 bits per heavy atom. The van der Waals surface area contributed by atoms with Crippen LogP contribution in [0.4, 0.5) is 5.95 Å². The summed E-state index contributed by atoms with van der Waals surface area (Å²) in [5, 5.41) is 4.49. The van der Waals surface area contributed by atoms with Crippen LogP contribution >= 0.6 is 0 Å². The molecule has 0 N–H and O–H groups in total. The lowest BCUT2D eigenvalue weighted by Crippen LogP contribution is -2.43. The maximum Gasteiger partial charge on any atom is 0.231 e. The summed E-state index contributed by atoms with van der Waals surface area (Å²) in [6, 6.07) is 18.8. The van der Waals surface area contributed by atoms with Gasteiger partial charge in [-0.2, -0.15) is 10.1 Å². The standard InChI is InChI=1S/C23H26N4O/c1-16(2)13-22(28)26-20(18-7-5-4-6-8-18)14-21(27-23(26)24-15-25-27)19-11-9-17(3)10-12-19/h4-12,15-16,20-21H,13-14H2,1-3H3/t20-,21-/m1/s1. The zero-order chi connectivity index (χ0) is 19.7. The molecule has 1 aliphatic heterocycles. The second-order valence-electron chi connectivity index (χ2n) is 7.95. The Morgan fingerprint density at radius 2 is 1.71 bits per heavy atom. The van der Waals surface area contributed by atoms with Gasteiger partial charge in [-0.05, 0) is 30.4 Å². The second kappa shape index (κ2) is 7.58. The molecule has 5 nitrogen and oxygen atoms in total. The molecule has 0 saturated carbocycles. The van der Waals surface area contributed by atoms with Crippen LogP contribution in [0.1, 0.15) is 55.5 Å². The van der Waals surface area contributed by atoms with Crippen LogP contribution in [0, 0.1) is 12.8 Å². The number of hydrogen-bond donors (Lipinski definition) is 0. The monoisotopic (exact) mass is 374 g/mol. The lowest BCUT2D eigenvalue weighted by Gasteiger charge is -2.39. The van der Waals surface area contributed by atoms with Crippen LogP contribution in [0.5, 0.6) is 0 Å². The molecular weight excluding hydrogens is 348 g/mol. The minimum absolute atomic E-state index is 0.0476. The molecule has 2 aromatic carbocycles. The molecule has 2 heterocycles. The predicted octanol–water partition coefficient (Wildman–Crippen LogP) is 4.70. The van der Waals surface area contributed by atoms with Gasteiger partial charge in [0.1, 0.15) is 6.33 Å². The van der Waals surface area contributed by atoms with Crippen LogP contribution in [0.3, 0.4) is 0 Å². The van der Waals surface area contributed by atoms with Gasteiger partial charge in [0.2, 0.25) is 11.9 Å². The highest BCUT2D eigenvalue weighted by atomic mass is 16.2. The van der Waals surface area contributed by atoms with Gasteiger partial charge in [0.15, 0.2) is 0 Å². The van der Waals surface area contributed by atoms with Crippen molar-refractivity contribution in [3.05, 3.63) is 77.6 Å². The largest absolute Gasteiger partial charge is 0.274 e. The number of aryl methyl sites for hydroxylation is 1. The van der Waals surface area contributed by atoms with E-state index < -0.39 is 0 Å². The molecule has 4 rings (SSSR count). The molecule has 3 aromatic rings. The van der Waals surface area contributed by atoms with Gasteiger partial charge in [0.25, 0.3) is 0 Å². The van der Waals surface area contributed by atoms with E-state index in [1.165, 1.54) is 11.1 Å². The van der Waals surface area contributed by atoms with Crippen molar-refractivity contribution in [2.75, 3.05) is 4.90 Å². The maximum absolute atomic E-state index is 13.2. The van der Waals surface area contributed by atoms with Crippen molar-refractivity contribution in [2.24, 2.45) is 5.92 Å². The van der Waals surface area contributed by atoms with Crippen molar-refractivity contribution in [3.63, 3.8) is 0 Å². The van der Waals surface area contributed by atoms with Crippen LogP contribution < -0.4 is 4.90 Å². The van der Waals surface area contributed by atoms with Crippen LogP contribution in [0.2, 0.25) is 0 Å². The summed E-state index contributed by atoms with van der Waals surface area (Å²) < 4.78 is 1.91. The molecule has 1 aromatic heterocycles. The Bertz CT molecular complexity index is 946. The SMILES string of the molecule is Cc1ccc([C@H]2C[C@H](c3ccccc3)N(C(=O)CC(C)C)c3ncnn32)cc1. The first kappa shape index (κ1) is 18.4. The number of hydrogen-bond acceptors (Lipinski definition) is 3. The van der Waals surface area contributed by atoms with Crippen molar-refractivity contribution < 1.29 is 4.79 Å². The minimum Gasteiger partial charge on any atom is -0.274 e. The van der Waals surface area contributed by atoms with Gasteiger partial charge >= 0.3 is 0 Å². The first-order chi connectivity index (χ1) is 13.5. The smallest absolute Gasteiger partial charge is 0.231 e. The van der Waals surface area contributed by atoms with Crippen LogP contribution in [0.25, 0.3) is 0 Å². The summed E-state index contributed by atoms with van der Waals surface area (Å²) in [6.07, 6.45) is 2.82. The first-order valence-electron chi connectivity index (χ1n) is 9.87. The fraction of sp³-hybridized carbons (Fsp3) is 0.348. The van der Waals surface area contributed by atoms with Crippen molar-refractivity contribution >= 4 is 11.9 Å². The van der Waals surface area contributed by atoms with Gasteiger partial charge in [-0.1, -0.05) is 74.0 Å². The van der Waals surface area contributed by atoms with E-state index in [2.05, 4.69) is 67.3 Å². The zero-order valence-electron chi connectivity index (χ0n) is 16.6. The minimum atomic E-state index is -0.0598. The average Bonchev–Trinajstić information content (AvgIpc) is 3.17. The summed E-state index contributed by atoms with van der Waals surface area (Å²) in [7, 11) is 0. The molecule has 5 heteroatoms. The van der Waals surface area contributed by atoms with Crippen molar-refractivity contribution in [2.45, 2.75) is 45.7 Å². The average molecular weight is 374 g/mol. The fourth-order valence-corrected chi connectivity index (χ4v) is 3.95. The Balaban J connectivity index is 1.81. The highest BCUT2D eigenvalue weighted by Gasteiger charge is 2.39. The number of carbonyl (C=O) groups is 1. The highest BCUT2D eigenvalue weighted by molar-refractivity contribution is 5.93. The van der Waals surface area contributed by atoms with Crippen LogP contribution in [-0.4, -0.2) is 20.7 Å². The first-order valence-corrected chi connectivity index (χ1v) is 9.87. The molecule has 0 radical (unpaired) electrons. The summed E-state index contributed by atoms with van der Waals surface area (Å²) >= 11 is 0. The number of rotatable bonds is 4. The van der Waals surface area contributed by atoms with E-state index in [4.69, 9.17) is 0 Å². The third kappa shape index (κ3) is 3.44. The van der Waals surface area contributed by atoms with Crippen molar-refractivity contribution in [1.82, 2.24) is 14.8 Å². The second-order valence-corrected chi connectivity index (χ2v) is 7.95. The zero-order valence-corrected chi connectivity index (χ0v) is 16.6. The van der Waals surface area contributed by atoms with E-state index in [1.54, 1.807) is 6.33 Å². The molecule has 28 heavy (non-hydrogen) atoms. The normalized spacial score (nSPS) is 18.9. The molecule has 0 fully saturated rings.